The second kappa shape index (κ2) is 15.3. The molecule has 0 amide bonds. The Labute approximate surface area is 223 Å². The van der Waals surface area contributed by atoms with Gasteiger partial charge in [0.25, 0.3) is 0 Å². The number of nitrogens with zero attached hydrogens (tertiary/aromatic N) is 5. The lowest BCUT2D eigenvalue weighted by Gasteiger charge is -2.24. The molecule has 0 spiro atoms. The monoisotopic (exact) mass is 580 g/mol. The van der Waals surface area contributed by atoms with Crippen molar-refractivity contribution in [1.29, 1.82) is 0 Å². The third-order valence-corrected chi connectivity index (χ3v) is 4.70. The molecule has 0 unspecified atom stereocenters. The van der Waals surface area contributed by atoms with Crippen molar-refractivity contribution in [2.45, 2.75) is 6.92 Å². The lowest BCUT2D eigenvalue weighted by molar-refractivity contribution is 0.350. The number of azo groups is 1. The van der Waals surface area contributed by atoms with Crippen LogP contribution in [0.15, 0.2) is 52.7 Å². The molecule has 0 heterocycles. The summed E-state index contributed by atoms with van der Waals surface area (Å²) in [7, 11) is 0.163. The summed E-state index contributed by atoms with van der Waals surface area (Å²) >= 11 is 6.37. The minimum atomic E-state index is -5.17. The summed E-state index contributed by atoms with van der Waals surface area (Å²) in [5, 5.41) is 9.27. The van der Waals surface area contributed by atoms with E-state index in [1.807, 2.05) is 30.3 Å². The molecule has 2 aromatic carbocycles. The van der Waals surface area contributed by atoms with Crippen LogP contribution in [-0.4, -0.2) is 94.8 Å². The van der Waals surface area contributed by atoms with Crippen LogP contribution in [0.1, 0.15) is 6.92 Å². The zero-order valence-electron chi connectivity index (χ0n) is 21.4. The molecule has 0 saturated carbocycles. The SMILES string of the molecule is CCN(CCN(C)C)c1ccc(N=Nc2ccc([N+](C)(C)C)cc2Cl)cc1.O=S(=O)([O-])[O-].O=S(=O)([O-])[O-]. The molecule has 2 aromatic rings. The lowest BCUT2D eigenvalue weighted by Crippen LogP contribution is -2.34. The number of hydrogen-bond acceptors (Lipinski definition) is 12. The van der Waals surface area contributed by atoms with E-state index in [9.17, 15) is 0 Å². The molecule has 210 valence electrons. The molecule has 0 radical (unpaired) electrons. The van der Waals surface area contributed by atoms with Crippen LogP contribution in [0.25, 0.3) is 0 Å². The van der Waals surface area contributed by atoms with Crippen LogP contribution >= 0.6 is 11.6 Å². The second-order valence-corrected chi connectivity index (χ2v) is 10.6. The van der Waals surface area contributed by atoms with Crippen molar-refractivity contribution in [2.24, 2.45) is 10.2 Å². The van der Waals surface area contributed by atoms with E-state index in [0.29, 0.717) is 15.2 Å². The van der Waals surface area contributed by atoms with Gasteiger partial charge in [0, 0.05) is 58.3 Å². The van der Waals surface area contributed by atoms with Gasteiger partial charge in [0.1, 0.15) is 11.4 Å². The highest BCUT2D eigenvalue weighted by atomic mass is 35.5. The third-order valence-electron chi connectivity index (χ3n) is 4.39. The van der Waals surface area contributed by atoms with Crippen molar-refractivity contribution in [1.82, 2.24) is 9.38 Å². The Morgan fingerprint density at radius 2 is 1.32 bits per heavy atom. The van der Waals surface area contributed by atoms with E-state index in [2.05, 4.69) is 74.3 Å². The first-order valence-electron chi connectivity index (χ1n) is 10.6. The smallest absolute Gasteiger partial charge is 0.133 e. The molecular weight excluding hydrogens is 550 g/mol. The number of rotatable bonds is 8. The maximum absolute atomic E-state index is 8.52. The van der Waals surface area contributed by atoms with Crippen molar-refractivity contribution in [3.05, 3.63) is 47.5 Å². The van der Waals surface area contributed by atoms with Crippen LogP contribution in [0.4, 0.5) is 22.7 Å². The quantitative estimate of drug-likeness (QED) is 0.194. The van der Waals surface area contributed by atoms with E-state index < -0.39 is 20.8 Å². The Balaban J connectivity index is 0.00000110. The Kier molecular flexibility index (Phi) is 14.4. The van der Waals surface area contributed by atoms with Crippen LogP contribution < -0.4 is 9.38 Å². The van der Waals surface area contributed by atoms with Gasteiger partial charge in [-0.3, -0.25) is 21.3 Å². The van der Waals surface area contributed by atoms with Crippen LogP contribution in [0, 0.1) is 0 Å². The molecule has 0 aliphatic carbocycles. The molecule has 0 aliphatic rings. The number of benzene rings is 2. The van der Waals surface area contributed by atoms with Crippen molar-refractivity contribution in [3.63, 3.8) is 0 Å². The van der Waals surface area contributed by atoms with Crippen LogP contribution in [0.2, 0.25) is 5.02 Å². The zero-order chi connectivity index (χ0) is 29.0. The fourth-order valence-corrected chi connectivity index (χ4v) is 2.84. The first kappa shape index (κ1) is 34.8. The summed E-state index contributed by atoms with van der Waals surface area (Å²) < 4.78 is 68.9. The van der Waals surface area contributed by atoms with Gasteiger partial charge in [-0.25, -0.2) is 0 Å². The van der Waals surface area contributed by atoms with Gasteiger partial charge in [0.2, 0.25) is 0 Å². The molecular formula is C21H31ClN5O8S2-3. The van der Waals surface area contributed by atoms with E-state index in [4.69, 9.17) is 46.6 Å². The maximum atomic E-state index is 8.52. The molecule has 0 bridgehead atoms. The summed E-state index contributed by atoms with van der Waals surface area (Å²) in [6, 6.07) is 14.1. The Hall–Kier alpha value is -2.21. The predicted molar refractivity (Wildman–Crippen MR) is 139 cm³/mol. The molecule has 0 aliphatic heterocycles. The van der Waals surface area contributed by atoms with E-state index in [-0.39, 0.29) is 0 Å². The number of quaternary nitrogens is 1. The minimum absolute atomic E-state index is 0.613. The molecule has 0 atom stereocenters. The summed E-state index contributed by atoms with van der Waals surface area (Å²) in [5.74, 6) is 0. The molecule has 16 heteroatoms. The summed E-state index contributed by atoms with van der Waals surface area (Å²) in [6.45, 7) is 5.17. The van der Waals surface area contributed by atoms with Crippen LogP contribution in [0.5, 0.6) is 0 Å². The maximum Gasteiger partial charge on any atom is 0.133 e. The van der Waals surface area contributed by atoms with Crippen molar-refractivity contribution >= 4 is 55.1 Å². The van der Waals surface area contributed by atoms with Crippen LogP contribution in [-0.2, 0) is 20.8 Å². The largest absolute Gasteiger partial charge is 0.759 e. The van der Waals surface area contributed by atoms with E-state index in [0.717, 1.165) is 31.0 Å². The normalized spacial score (nSPS) is 12.0. The van der Waals surface area contributed by atoms with Gasteiger partial charge in [-0.15, -0.1) is 5.11 Å². The minimum Gasteiger partial charge on any atom is -0.759 e. The van der Waals surface area contributed by atoms with E-state index in [1.165, 1.54) is 5.69 Å². The fourth-order valence-electron chi connectivity index (χ4n) is 2.63. The fraction of sp³-hybridized carbons (Fsp3) is 0.429. The summed E-state index contributed by atoms with van der Waals surface area (Å²) in [5.41, 5.74) is 3.82. The van der Waals surface area contributed by atoms with Gasteiger partial charge >= 0.3 is 0 Å². The average Bonchev–Trinajstić information content (AvgIpc) is 2.71. The zero-order valence-corrected chi connectivity index (χ0v) is 23.7. The Morgan fingerprint density at radius 3 is 1.70 bits per heavy atom. The Bertz CT molecular complexity index is 1170. The first-order valence-corrected chi connectivity index (χ1v) is 13.6. The van der Waals surface area contributed by atoms with Crippen molar-refractivity contribution in [2.75, 3.05) is 59.8 Å². The van der Waals surface area contributed by atoms with E-state index >= 15 is 0 Å². The predicted octanol–water partition coefficient (Wildman–Crippen LogP) is 2.66. The van der Waals surface area contributed by atoms with Gasteiger partial charge in [-0.05, 0) is 51.4 Å². The molecule has 0 fully saturated rings. The molecule has 0 N–H and O–H groups in total. The molecule has 13 nitrogen and oxygen atoms in total. The summed E-state index contributed by atoms with van der Waals surface area (Å²) in [4.78, 5) is 4.54. The number of hydrogen-bond donors (Lipinski definition) is 0. The Morgan fingerprint density at radius 1 is 0.838 bits per heavy atom. The third kappa shape index (κ3) is 18.7. The number of anilines is 1. The van der Waals surface area contributed by atoms with E-state index in [1.54, 1.807) is 0 Å². The van der Waals surface area contributed by atoms with Crippen LogP contribution in [0.3, 0.4) is 0 Å². The molecule has 37 heavy (non-hydrogen) atoms. The standard InChI is InChI=1S/C21H31ClN5.2H2O4S/c1-7-26(15-14-25(2)3)18-10-8-17(9-11-18)23-24-21-13-12-19(16-20(21)22)27(4,5)6;2*1-5(2,3)4/h8-13,16H,7,14-15H2,1-6H3;2*(H2,1,2,3,4)/q+1;;/p-4. The van der Waals surface area contributed by atoms with Gasteiger partial charge in [0.15, 0.2) is 0 Å². The van der Waals surface area contributed by atoms with Crippen molar-refractivity contribution in [3.8, 4) is 0 Å². The molecule has 0 aromatic heterocycles. The number of halogens is 1. The highest BCUT2D eigenvalue weighted by Gasteiger charge is 2.14. The van der Waals surface area contributed by atoms with Crippen molar-refractivity contribution < 1.29 is 35.0 Å². The average molecular weight is 581 g/mol. The lowest BCUT2D eigenvalue weighted by atomic mass is 10.2. The van der Waals surface area contributed by atoms with Gasteiger partial charge in [-0.1, -0.05) is 11.6 Å². The molecule has 0 saturated heterocycles. The van der Waals surface area contributed by atoms with Gasteiger partial charge in [-0.2, -0.15) is 5.11 Å². The highest BCUT2D eigenvalue weighted by molar-refractivity contribution is 7.79. The topological polar surface area (TPSA) is 192 Å². The van der Waals surface area contributed by atoms with Gasteiger partial charge < -0.3 is 28.0 Å². The summed E-state index contributed by atoms with van der Waals surface area (Å²) in [6.07, 6.45) is 0. The molecule has 2 rings (SSSR count). The number of likely N-dealkylation sites (N-methyl/N-ethyl adjacent to an activating group) is 2. The second-order valence-electron chi connectivity index (χ2n) is 8.56. The van der Waals surface area contributed by atoms with Gasteiger partial charge in [0.05, 0.1) is 31.9 Å². The first-order chi connectivity index (χ1) is 16.7. The highest BCUT2D eigenvalue weighted by Crippen LogP contribution is 2.32.